The molecule has 0 fully saturated rings. The van der Waals surface area contributed by atoms with E-state index in [9.17, 15) is 0 Å². The second-order valence-corrected chi connectivity index (χ2v) is 6.24. The summed E-state index contributed by atoms with van der Waals surface area (Å²) in [7, 11) is 0. The molecule has 0 atom stereocenters. The molecule has 136 valence electrons. The van der Waals surface area contributed by atoms with E-state index in [4.69, 9.17) is 0 Å². The zero-order chi connectivity index (χ0) is 18.0. The minimum Gasteiger partial charge on any atom is -0.292 e. The Morgan fingerprint density at radius 2 is 1.25 bits per heavy atom. The zero-order valence-corrected chi connectivity index (χ0v) is 15.9. The van der Waals surface area contributed by atoms with Gasteiger partial charge >= 0.3 is 0 Å². The summed E-state index contributed by atoms with van der Waals surface area (Å²) < 4.78 is 0. The fourth-order valence-electron chi connectivity index (χ4n) is 2.73. The molecule has 0 aromatic carbocycles. The summed E-state index contributed by atoms with van der Waals surface area (Å²) in [6.45, 7) is 23.3. The first kappa shape index (κ1) is 22.6. The molecular formula is C22H38N2. The number of hydrogen-bond acceptors (Lipinski definition) is 2. The predicted octanol–water partition coefficient (Wildman–Crippen LogP) is 5.23. The summed E-state index contributed by atoms with van der Waals surface area (Å²) in [5, 5.41) is 0. The Kier molecular flexibility index (Phi) is 15.5. The van der Waals surface area contributed by atoms with E-state index in [0.29, 0.717) is 0 Å². The highest BCUT2D eigenvalue weighted by atomic mass is 15.1. The topological polar surface area (TPSA) is 6.48 Å². The molecule has 0 unspecified atom stereocenters. The molecule has 0 aliphatic heterocycles. The van der Waals surface area contributed by atoms with Gasteiger partial charge in [0.1, 0.15) is 0 Å². The van der Waals surface area contributed by atoms with Gasteiger partial charge in [-0.1, -0.05) is 62.1 Å². The molecule has 0 saturated heterocycles. The molecule has 0 rings (SSSR count). The van der Waals surface area contributed by atoms with Crippen molar-refractivity contribution in [3.63, 3.8) is 0 Å². The second kappa shape index (κ2) is 16.5. The van der Waals surface area contributed by atoms with Crippen molar-refractivity contribution < 1.29 is 0 Å². The van der Waals surface area contributed by atoms with Gasteiger partial charge in [0.15, 0.2) is 0 Å². The van der Waals surface area contributed by atoms with Crippen molar-refractivity contribution in [2.24, 2.45) is 0 Å². The van der Waals surface area contributed by atoms with Crippen molar-refractivity contribution in [3.05, 3.63) is 62.3 Å². The summed E-state index contributed by atoms with van der Waals surface area (Å²) in [6, 6.07) is 0. The van der Waals surface area contributed by atoms with Gasteiger partial charge in [0.25, 0.3) is 0 Å². The van der Waals surface area contributed by atoms with E-state index in [0.717, 1.165) is 39.3 Å². The van der Waals surface area contributed by atoms with Crippen molar-refractivity contribution in [1.29, 1.82) is 0 Å². The Morgan fingerprint density at radius 1 is 0.708 bits per heavy atom. The molecule has 0 spiro atoms. The summed E-state index contributed by atoms with van der Waals surface area (Å²) in [5.41, 5.74) is 1.52. The van der Waals surface area contributed by atoms with Crippen LogP contribution in [-0.2, 0) is 0 Å². The Bertz CT molecular complexity index is 361. The van der Waals surface area contributed by atoms with Gasteiger partial charge in [-0.05, 0) is 12.8 Å². The third kappa shape index (κ3) is 12.1. The second-order valence-electron chi connectivity index (χ2n) is 6.24. The van der Waals surface area contributed by atoms with E-state index in [-0.39, 0.29) is 0 Å². The highest BCUT2D eigenvalue weighted by Crippen LogP contribution is 2.12. The van der Waals surface area contributed by atoms with Crippen LogP contribution in [0.1, 0.15) is 39.0 Å². The van der Waals surface area contributed by atoms with Crippen molar-refractivity contribution in [1.82, 2.24) is 9.80 Å². The van der Waals surface area contributed by atoms with Crippen LogP contribution in [0, 0.1) is 0 Å². The van der Waals surface area contributed by atoms with Gasteiger partial charge in [0.05, 0.1) is 0 Å². The SMILES string of the molecule is C=CCN(CC=C)C/C=C(\CCCCCC)CN(CC=C)CC=C. The Balaban J connectivity index is 4.81. The molecule has 0 amide bonds. The quantitative estimate of drug-likeness (QED) is 0.266. The van der Waals surface area contributed by atoms with Crippen LogP contribution in [0.15, 0.2) is 62.3 Å². The fourth-order valence-corrected chi connectivity index (χ4v) is 2.73. The summed E-state index contributed by atoms with van der Waals surface area (Å²) in [6.07, 6.45) is 16.6. The van der Waals surface area contributed by atoms with E-state index < -0.39 is 0 Å². The molecule has 0 aliphatic carbocycles. The van der Waals surface area contributed by atoms with Crippen LogP contribution in [0.25, 0.3) is 0 Å². The molecule has 0 radical (unpaired) electrons. The maximum Gasteiger partial charge on any atom is 0.0199 e. The average Bonchev–Trinajstić information content (AvgIpc) is 2.57. The highest BCUT2D eigenvalue weighted by molar-refractivity contribution is 5.07. The minimum absolute atomic E-state index is 0.897. The van der Waals surface area contributed by atoms with E-state index in [1.54, 1.807) is 0 Å². The third-order valence-corrected chi connectivity index (χ3v) is 3.97. The number of rotatable bonds is 17. The van der Waals surface area contributed by atoms with Gasteiger partial charge in [0.2, 0.25) is 0 Å². The number of nitrogens with zero attached hydrogens (tertiary/aromatic N) is 2. The lowest BCUT2D eigenvalue weighted by Gasteiger charge is -2.22. The molecule has 0 aromatic heterocycles. The monoisotopic (exact) mass is 330 g/mol. The van der Waals surface area contributed by atoms with E-state index in [1.165, 1.54) is 37.7 Å². The van der Waals surface area contributed by atoms with Crippen LogP contribution in [0.4, 0.5) is 0 Å². The summed E-state index contributed by atoms with van der Waals surface area (Å²) in [5.74, 6) is 0. The van der Waals surface area contributed by atoms with Gasteiger partial charge in [-0.2, -0.15) is 0 Å². The lowest BCUT2D eigenvalue weighted by Crippen LogP contribution is -2.28. The molecule has 0 N–H and O–H groups in total. The molecule has 2 heteroatoms. The van der Waals surface area contributed by atoms with Gasteiger partial charge in [-0.15, -0.1) is 26.3 Å². The van der Waals surface area contributed by atoms with Crippen molar-refractivity contribution in [3.8, 4) is 0 Å². The Morgan fingerprint density at radius 3 is 1.75 bits per heavy atom. The largest absolute Gasteiger partial charge is 0.292 e. The van der Waals surface area contributed by atoms with Gasteiger partial charge < -0.3 is 0 Å². The predicted molar refractivity (Wildman–Crippen MR) is 111 cm³/mol. The standard InChI is InChI=1S/C22H38N2/c1-6-11-12-13-14-22(21-24(18-9-4)19-10-5)15-20-23(16-7-2)17-8-3/h7-10,15H,2-6,11-14,16-21H2,1H3/b22-15+. The van der Waals surface area contributed by atoms with Crippen molar-refractivity contribution >= 4 is 0 Å². The van der Waals surface area contributed by atoms with Gasteiger partial charge in [0, 0.05) is 39.3 Å². The van der Waals surface area contributed by atoms with Crippen LogP contribution < -0.4 is 0 Å². The van der Waals surface area contributed by atoms with Gasteiger partial charge in [-0.25, -0.2) is 0 Å². The van der Waals surface area contributed by atoms with Crippen molar-refractivity contribution in [2.75, 3.05) is 39.3 Å². The summed E-state index contributed by atoms with van der Waals surface area (Å²) >= 11 is 0. The van der Waals surface area contributed by atoms with E-state index >= 15 is 0 Å². The molecule has 0 aromatic rings. The zero-order valence-electron chi connectivity index (χ0n) is 15.9. The van der Waals surface area contributed by atoms with E-state index in [2.05, 4.69) is 49.1 Å². The lowest BCUT2D eigenvalue weighted by molar-refractivity contribution is 0.351. The normalized spacial score (nSPS) is 11.7. The first-order chi connectivity index (χ1) is 11.7. The van der Waals surface area contributed by atoms with Crippen LogP contribution in [0.3, 0.4) is 0 Å². The van der Waals surface area contributed by atoms with Crippen LogP contribution in [0.5, 0.6) is 0 Å². The number of hydrogen-bond donors (Lipinski definition) is 0. The van der Waals surface area contributed by atoms with Crippen LogP contribution in [0.2, 0.25) is 0 Å². The lowest BCUT2D eigenvalue weighted by atomic mass is 10.1. The smallest absolute Gasteiger partial charge is 0.0199 e. The fraction of sp³-hybridized carbons (Fsp3) is 0.545. The molecule has 0 bridgehead atoms. The Labute approximate surface area is 150 Å². The van der Waals surface area contributed by atoms with E-state index in [1.807, 2.05) is 24.3 Å². The average molecular weight is 331 g/mol. The third-order valence-electron chi connectivity index (χ3n) is 3.97. The van der Waals surface area contributed by atoms with Crippen LogP contribution in [-0.4, -0.2) is 49.1 Å². The molecule has 24 heavy (non-hydrogen) atoms. The van der Waals surface area contributed by atoms with Crippen LogP contribution >= 0.6 is 0 Å². The summed E-state index contributed by atoms with van der Waals surface area (Å²) in [4.78, 5) is 4.73. The maximum absolute atomic E-state index is 3.87. The molecule has 0 aliphatic rings. The molecular weight excluding hydrogens is 292 g/mol. The highest BCUT2D eigenvalue weighted by Gasteiger charge is 2.07. The van der Waals surface area contributed by atoms with Crippen molar-refractivity contribution in [2.45, 2.75) is 39.0 Å². The molecule has 0 saturated carbocycles. The molecule has 2 nitrogen and oxygen atoms in total. The number of unbranched alkanes of at least 4 members (excludes halogenated alkanes) is 3. The molecule has 0 heterocycles. The maximum atomic E-state index is 3.87. The van der Waals surface area contributed by atoms with Gasteiger partial charge in [-0.3, -0.25) is 9.80 Å². The minimum atomic E-state index is 0.897. The Hall–Kier alpha value is -1.38. The first-order valence-electron chi connectivity index (χ1n) is 9.27. The first-order valence-corrected chi connectivity index (χ1v) is 9.27.